The zero-order chi connectivity index (χ0) is 39.0. The Morgan fingerprint density at radius 2 is 0.845 bits per heavy atom. The van der Waals surface area contributed by atoms with Crippen LogP contribution in [0.25, 0.3) is 109 Å². The first-order valence-corrected chi connectivity index (χ1v) is 18.7. The summed E-state index contributed by atoms with van der Waals surface area (Å²) in [5, 5.41) is 4.28. The third kappa shape index (κ3) is 6.16. The van der Waals surface area contributed by atoms with Crippen LogP contribution in [0.5, 0.6) is 0 Å². The van der Waals surface area contributed by atoms with Crippen molar-refractivity contribution in [1.82, 2.24) is 24.9 Å². The summed E-state index contributed by atoms with van der Waals surface area (Å²) in [6, 6.07) is 47.2. The first kappa shape index (κ1) is 34.1. The average molecular weight is 740 g/mol. The highest BCUT2D eigenvalue weighted by atomic mass is 14.7. The number of aromatic nitrogens is 5. The lowest BCUT2D eigenvalue weighted by Crippen LogP contribution is -1.93. The van der Waals surface area contributed by atoms with E-state index >= 15 is 0 Å². The van der Waals surface area contributed by atoms with E-state index in [1.54, 1.807) is 30.9 Å². The molecule has 10 aromatic rings. The molecule has 0 aliphatic rings. The Morgan fingerprint density at radius 3 is 1.40 bits per heavy atom. The van der Waals surface area contributed by atoms with E-state index < -0.39 is 0 Å². The van der Waals surface area contributed by atoms with E-state index in [2.05, 4.69) is 92.5 Å². The lowest BCUT2D eigenvalue weighted by atomic mass is 9.89. The number of fused-ring (bicyclic) bond motifs is 5. The lowest BCUT2D eigenvalue weighted by Gasteiger charge is -2.16. The van der Waals surface area contributed by atoms with E-state index in [0.717, 1.165) is 99.6 Å². The van der Waals surface area contributed by atoms with Crippen LogP contribution in [0, 0.1) is 13.1 Å². The topological polar surface area (TPSA) is 73.2 Å². The van der Waals surface area contributed by atoms with Gasteiger partial charge in [0.1, 0.15) is 0 Å². The average Bonchev–Trinajstić information content (AvgIpc) is 3.31. The summed E-state index contributed by atoms with van der Waals surface area (Å²) in [6.07, 6.45) is 10.9. The molecule has 7 nitrogen and oxygen atoms in total. The largest absolute Gasteiger partial charge is 0.265 e. The van der Waals surface area contributed by atoms with Crippen molar-refractivity contribution in [3.05, 3.63) is 200 Å². The van der Waals surface area contributed by atoms with Crippen molar-refractivity contribution in [2.75, 3.05) is 0 Å². The molecule has 0 aliphatic heterocycles. The molecule has 10 rings (SSSR count). The fraction of sp³-hybridized carbons (Fsp3) is 0. The van der Waals surface area contributed by atoms with Crippen molar-refractivity contribution in [2.45, 2.75) is 0 Å². The van der Waals surface area contributed by atoms with E-state index in [0.29, 0.717) is 11.4 Å². The molecular formula is C51H29N7. The number of pyridine rings is 5. The van der Waals surface area contributed by atoms with Crippen LogP contribution in [0.4, 0.5) is 11.4 Å². The van der Waals surface area contributed by atoms with Gasteiger partial charge in [0.2, 0.25) is 0 Å². The molecule has 0 saturated heterocycles. The van der Waals surface area contributed by atoms with Crippen LogP contribution >= 0.6 is 0 Å². The Balaban J connectivity index is 1.12. The summed E-state index contributed by atoms with van der Waals surface area (Å²) < 4.78 is 0. The van der Waals surface area contributed by atoms with E-state index in [-0.39, 0.29) is 0 Å². The van der Waals surface area contributed by atoms with E-state index in [1.807, 2.05) is 73.1 Å². The molecule has 5 aromatic carbocycles. The van der Waals surface area contributed by atoms with Gasteiger partial charge in [-0.1, -0.05) is 72.8 Å². The molecule has 0 bridgehead atoms. The molecule has 0 saturated carbocycles. The smallest absolute Gasteiger partial charge is 0.177 e. The Kier molecular flexibility index (Phi) is 8.45. The van der Waals surface area contributed by atoms with Crippen LogP contribution in [0.1, 0.15) is 0 Å². The fourth-order valence-electron chi connectivity index (χ4n) is 7.78. The molecule has 0 spiro atoms. The third-order valence-corrected chi connectivity index (χ3v) is 10.5. The number of hydrogen-bond donors (Lipinski definition) is 0. The van der Waals surface area contributed by atoms with Gasteiger partial charge < -0.3 is 0 Å². The lowest BCUT2D eigenvalue weighted by molar-refractivity contribution is 1.27. The van der Waals surface area contributed by atoms with Gasteiger partial charge in [-0.15, -0.1) is 0 Å². The van der Waals surface area contributed by atoms with Crippen LogP contribution in [0.2, 0.25) is 0 Å². The van der Waals surface area contributed by atoms with E-state index in [4.69, 9.17) is 28.1 Å². The van der Waals surface area contributed by atoms with Gasteiger partial charge in [-0.25, -0.2) is 14.7 Å². The molecule has 5 aromatic heterocycles. The summed E-state index contributed by atoms with van der Waals surface area (Å²) in [7, 11) is 0. The predicted octanol–water partition coefficient (Wildman–Crippen LogP) is 13.2. The predicted molar refractivity (Wildman–Crippen MR) is 233 cm³/mol. The van der Waals surface area contributed by atoms with Gasteiger partial charge in [0.15, 0.2) is 11.4 Å². The molecule has 0 radical (unpaired) electrons. The van der Waals surface area contributed by atoms with Gasteiger partial charge in [-0.2, -0.15) is 0 Å². The Hall–Kier alpha value is -8.39. The number of hydrogen-bond acceptors (Lipinski definition) is 5. The van der Waals surface area contributed by atoms with Crippen molar-refractivity contribution >= 4 is 44.0 Å². The van der Waals surface area contributed by atoms with E-state index in [9.17, 15) is 0 Å². The minimum absolute atomic E-state index is 0.451. The number of benzene rings is 5. The molecule has 0 atom stereocenters. The van der Waals surface area contributed by atoms with Crippen LogP contribution < -0.4 is 0 Å². The van der Waals surface area contributed by atoms with Crippen LogP contribution in [-0.2, 0) is 0 Å². The summed E-state index contributed by atoms with van der Waals surface area (Å²) in [6.45, 7) is 15.0. The zero-order valence-corrected chi connectivity index (χ0v) is 30.9. The van der Waals surface area contributed by atoms with E-state index in [1.165, 1.54) is 0 Å². The SMILES string of the molecule is [C-]#[N+]c1cc([N+]#[C-])cc(-c2ccc(-c3cc4c5cccnc5c(-c5cccc(-c6cc(-c7ccncc7)nc(-c7ccncc7)c6)c5)cc4c4cccnc34)cc2)c1. The summed E-state index contributed by atoms with van der Waals surface area (Å²) >= 11 is 0. The maximum atomic E-state index is 7.50. The molecule has 7 heteroatoms. The van der Waals surface area contributed by atoms with Gasteiger partial charge >= 0.3 is 0 Å². The molecule has 5 heterocycles. The summed E-state index contributed by atoms with van der Waals surface area (Å²) in [5.74, 6) is 0. The highest BCUT2D eigenvalue weighted by molar-refractivity contribution is 6.22. The zero-order valence-electron chi connectivity index (χ0n) is 30.9. The Bertz CT molecular complexity index is 3200. The van der Waals surface area contributed by atoms with Crippen LogP contribution in [0.3, 0.4) is 0 Å². The fourth-order valence-corrected chi connectivity index (χ4v) is 7.78. The molecule has 0 unspecified atom stereocenters. The van der Waals surface area contributed by atoms with Gasteiger partial charge in [0.25, 0.3) is 0 Å². The summed E-state index contributed by atoms with van der Waals surface area (Å²) in [4.78, 5) is 30.6. The van der Waals surface area contributed by atoms with Gasteiger partial charge in [0.05, 0.1) is 35.6 Å². The molecule has 268 valence electrons. The van der Waals surface area contributed by atoms with Crippen LogP contribution in [0.15, 0.2) is 177 Å². The van der Waals surface area contributed by atoms with Gasteiger partial charge in [-0.05, 0) is 111 Å². The molecule has 58 heavy (non-hydrogen) atoms. The normalized spacial score (nSPS) is 11.1. The maximum absolute atomic E-state index is 7.50. The second-order valence-electron chi connectivity index (χ2n) is 14.0. The van der Waals surface area contributed by atoms with Crippen molar-refractivity contribution in [1.29, 1.82) is 0 Å². The quantitative estimate of drug-likeness (QED) is 0.125. The Morgan fingerprint density at radius 1 is 0.345 bits per heavy atom. The number of rotatable bonds is 6. The minimum atomic E-state index is 0.451. The van der Waals surface area contributed by atoms with Crippen LogP contribution in [-0.4, -0.2) is 24.9 Å². The highest BCUT2D eigenvalue weighted by Crippen LogP contribution is 2.42. The molecule has 0 aliphatic carbocycles. The second-order valence-corrected chi connectivity index (χ2v) is 14.0. The van der Waals surface area contributed by atoms with Gasteiger partial charge in [0, 0.05) is 70.2 Å². The van der Waals surface area contributed by atoms with Gasteiger partial charge in [-0.3, -0.25) is 19.9 Å². The monoisotopic (exact) mass is 739 g/mol. The second kappa shape index (κ2) is 14.4. The van der Waals surface area contributed by atoms with Crippen molar-refractivity contribution in [2.24, 2.45) is 0 Å². The minimum Gasteiger partial charge on any atom is -0.265 e. The first-order valence-electron chi connectivity index (χ1n) is 18.7. The molecular weight excluding hydrogens is 711 g/mol. The molecule has 0 amide bonds. The first-order chi connectivity index (χ1) is 28.6. The maximum Gasteiger partial charge on any atom is 0.177 e. The highest BCUT2D eigenvalue weighted by Gasteiger charge is 2.17. The standard InChI is InChI=1S/C51H29N7/c1-52-40-25-38(26-41(29-40)53-2)32-10-12-33(13-11-32)44-30-46-43-9-5-19-57-51(43)45(31-47(46)42-8-4-18-56-50(42)44)37-7-3-6-36(24-37)39-27-48(34-14-20-54-21-15-34)58-49(28-39)35-16-22-55-23-17-35/h3-31H. The Labute approximate surface area is 334 Å². The molecule has 0 fully saturated rings. The van der Waals surface area contributed by atoms with Crippen molar-refractivity contribution in [3.63, 3.8) is 0 Å². The van der Waals surface area contributed by atoms with Crippen molar-refractivity contribution in [3.8, 4) is 67.0 Å². The van der Waals surface area contributed by atoms with Crippen molar-refractivity contribution < 1.29 is 0 Å². The third-order valence-electron chi connectivity index (χ3n) is 10.5. The molecule has 0 N–H and O–H groups in total. The summed E-state index contributed by atoms with van der Waals surface area (Å²) in [5.41, 5.74) is 14.4. The number of nitrogens with zero attached hydrogens (tertiary/aromatic N) is 7.